The van der Waals surface area contributed by atoms with Crippen LogP contribution in [0, 0.1) is 13.8 Å². The van der Waals surface area contributed by atoms with Crippen LogP contribution in [0.5, 0.6) is 0 Å². The summed E-state index contributed by atoms with van der Waals surface area (Å²) in [6.07, 6.45) is 8.64. The first kappa shape index (κ1) is 27.8. The van der Waals surface area contributed by atoms with Gasteiger partial charge in [-0.2, -0.15) is 0 Å². The number of allylic oxidation sites excluding steroid dienone is 4. The van der Waals surface area contributed by atoms with Crippen LogP contribution in [-0.4, -0.2) is 19.9 Å². The van der Waals surface area contributed by atoms with Crippen LogP contribution in [0.2, 0.25) is 0 Å². The summed E-state index contributed by atoms with van der Waals surface area (Å²) in [5.41, 5.74) is 13.5. The maximum Gasteiger partial charge on any atom is 0.160 e. The zero-order valence-electron chi connectivity index (χ0n) is 25.9. The maximum atomic E-state index is 5.09. The van der Waals surface area contributed by atoms with Gasteiger partial charge in [0.1, 0.15) is 0 Å². The predicted molar refractivity (Wildman–Crippen MR) is 190 cm³/mol. The van der Waals surface area contributed by atoms with Crippen molar-refractivity contribution in [3.05, 3.63) is 151 Å². The van der Waals surface area contributed by atoms with Gasteiger partial charge in [0.05, 0.1) is 28.1 Å². The average Bonchev–Trinajstić information content (AvgIpc) is 3.12. The Balaban J connectivity index is 1.10. The van der Waals surface area contributed by atoms with Gasteiger partial charge in [0.25, 0.3) is 0 Å². The summed E-state index contributed by atoms with van der Waals surface area (Å²) in [6.45, 7) is 4.18. The lowest BCUT2D eigenvalue weighted by molar-refractivity contribution is 1.03. The van der Waals surface area contributed by atoms with Gasteiger partial charge in [-0.15, -0.1) is 0 Å². The number of pyridine rings is 2. The predicted octanol–water partition coefficient (Wildman–Crippen LogP) is 10.6. The lowest BCUT2D eigenvalue weighted by atomic mass is 9.99. The molecule has 1 aliphatic rings. The summed E-state index contributed by atoms with van der Waals surface area (Å²) in [5, 5.41) is 2.25. The van der Waals surface area contributed by atoms with Gasteiger partial charge in [-0.25, -0.2) is 15.0 Å². The summed E-state index contributed by atoms with van der Waals surface area (Å²) in [5.74, 6) is 0.767. The molecule has 1 aliphatic carbocycles. The molecule has 0 spiro atoms. The zero-order chi connectivity index (χ0) is 31.0. The molecule has 4 aromatic carbocycles. The van der Waals surface area contributed by atoms with Crippen molar-refractivity contribution in [2.45, 2.75) is 26.7 Å². The fourth-order valence-electron chi connectivity index (χ4n) is 6.29. The SMILES string of the molecule is Cc1cc(C)c2ccc3ccc(-c4ccc(-c5ccc(-c6cc(-c7ccccc7)nc(C7=CCCC=C7)n6)cc5)cc4)nc3c2n1. The Bertz CT molecular complexity index is 2300. The highest BCUT2D eigenvalue weighted by Crippen LogP contribution is 2.32. The summed E-state index contributed by atoms with van der Waals surface area (Å²) < 4.78 is 0. The van der Waals surface area contributed by atoms with Crippen molar-refractivity contribution < 1.29 is 0 Å². The first-order chi connectivity index (χ1) is 22.6. The molecule has 0 N–H and O–H groups in total. The largest absolute Gasteiger partial charge is 0.251 e. The van der Waals surface area contributed by atoms with Crippen LogP contribution >= 0.6 is 0 Å². The van der Waals surface area contributed by atoms with Gasteiger partial charge in [0, 0.05) is 38.7 Å². The fraction of sp³-hybridized carbons (Fsp3) is 0.0952. The molecular formula is C42H32N4. The monoisotopic (exact) mass is 592 g/mol. The van der Waals surface area contributed by atoms with Crippen molar-refractivity contribution in [1.29, 1.82) is 0 Å². The summed E-state index contributed by atoms with van der Waals surface area (Å²) in [7, 11) is 0. The highest BCUT2D eigenvalue weighted by atomic mass is 14.9. The van der Waals surface area contributed by atoms with Crippen molar-refractivity contribution in [2.75, 3.05) is 0 Å². The molecule has 0 amide bonds. The highest BCUT2D eigenvalue weighted by Gasteiger charge is 2.13. The van der Waals surface area contributed by atoms with Crippen LogP contribution in [0.1, 0.15) is 29.9 Å². The molecule has 3 aromatic heterocycles. The number of hydrogen-bond donors (Lipinski definition) is 0. The molecule has 0 atom stereocenters. The van der Waals surface area contributed by atoms with Crippen molar-refractivity contribution in [2.24, 2.45) is 0 Å². The Morgan fingerprint density at radius 2 is 1.13 bits per heavy atom. The van der Waals surface area contributed by atoms with Crippen molar-refractivity contribution >= 4 is 27.4 Å². The number of aryl methyl sites for hydroxylation is 2. The second-order valence-electron chi connectivity index (χ2n) is 11.9. The highest BCUT2D eigenvalue weighted by molar-refractivity contribution is 6.04. The van der Waals surface area contributed by atoms with E-state index in [0.29, 0.717) is 0 Å². The molecule has 4 heteroatoms. The second kappa shape index (κ2) is 11.6. The van der Waals surface area contributed by atoms with Crippen LogP contribution in [-0.2, 0) is 0 Å². The van der Waals surface area contributed by atoms with Gasteiger partial charge in [-0.3, -0.25) is 4.98 Å². The van der Waals surface area contributed by atoms with E-state index in [1.54, 1.807) is 0 Å². The van der Waals surface area contributed by atoms with E-state index in [2.05, 4.69) is 122 Å². The van der Waals surface area contributed by atoms with E-state index >= 15 is 0 Å². The molecule has 220 valence electrons. The van der Waals surface area contributed by atoms with E-state index in [9.17, 15) is 0 Å². The van der Waals surface area contributed by atoms with Crippen LogP contribution in [0.4, 0.5) is 0 Å². The van der Waals surface area contributed by atoms with Gasteiger partial charge in [0.2, 0.25) is 0 Å². The average molecular weight is 593 g/mol. The smallest absolute Gasteiger partial charge is 0.160 e. The Morgan fingerprint density at radius 1 is 0.500 bits per heavy atom. The maximum absolute atomic E-state index is 5.09. The Morgan fingerprint density at radius 3 is 1.80 bits per heavy atom. The van der Waals surface area contributed by atoms with Crippen molar-refractivity contribution in [3.8, 4) is 44.9 Å². The second-order valence-corrected chi connectivity index (χ2v) is 11.9. The quantitative estimate of drug-likeness (QED) is 0.187. The number of fused-ring (bicyclic) bond motifs is 3. The van der Waals surface area contributed by atoms with Crippen LogP contribution < -0.4 is 0 Å². The number of nitrogens with zero attached hydrogens (tertiary/aromatic N) is 4. The van der Waals surface area contributed by atoms with Gasteiger partial charge in [-0.1, -0.05) is 115 Å². The van der Waals surface area contributed by atoms with Gasteiger partial charge < -0.3 is 0 Å². The number of benzene rings is 4. The van der Waals surface area contributed by atoms with Crippen LogP contribution in [0.15, 0.2) is 133 Å². The molecule has 0 unspecified atom stereocenters. The fourth-order valence-corrected chi connectivity index (χ4v) is 6.29. The topological polar surface area (TPSA) is 51.6 Å². The molecule has 3 heterocycles. The van der Waals surface area contributed by atoms with E-state index in [1.807, 2.05) is 25.1 Å². The van der Waals surface area contributed by atoms with Crippen LogP contribution in [0.3, 0.4) is 0 Å². The van der Waals surface area contributed by atoms with Gasteiger partial charge >= 0.3 is 0 Å². The number of aromatic nitrogens is 4. The Labute approximate surface area is 268 Å². The minimum atomic E-state index is 0.767. The third-order valence-electron chi connectivity index (χ3n) is 8.72. The molecule has 8 rings (SSSR count). The van der Waals surface area contributed by atoms with Crippen LogP contribution in [0.25, 0.3) is 72.3 Å². The molecule has 0 aliphatic heterocycles. The third-order valence-corrected chi connectivity index (χ3v) is 8.72. The standard InChI is InChI=1S/C42H32N4/c1-27-25-28(2)43-41-36(27)23-21-34-22-24-37(44-40(34)41)32-17-13-29(14-18-32)30-15-19-33(20-16-30)39-26-38(31-9-5-3-6-10-31)45-42(46-39)35-11-7-4-8-12-35/h3,5-7,9-26H,4,8H2,1-2H3. The molecule has 7 aromatic rings. The van der Waals surface area contributed by atoms with Crippen molar-refractivity contribution in [3.63, 3.8) is 0 Å². The van der Waals surface area contributed by atoms with E-state index < -0.39 is 0 Å². The van der Waals surface area contributed by atoms with E-state index in [1.165, 1.54) is 5.56 Å². The lowest BCUT2D eigenvalue weighted by Crippen LogP contribution is -1.99. The molecule has 46 heavy (non-hydrogen) atoms. The Kier molecular flexibility index (Phi) is 7.03. The molecule has 0 bridgehead atoms. The molecule has 4 nitrogen and oxygen atoms in total. The molecule has 0 saturated carbocycles. The van der Waals surface area contributed by atoms with Gasteiger partial charge in [0.15, 0.2) is 5.82 Å². The first-order valence-corrected chi connectivity index (χ1v) is 15.8. The van der Waals surface area contributed by atoms with E-state index in [4.69, 9.17) is 19.9 Å². The molecular weight excluding hydrogens is 560 g/mol. The summed E-state index contributed by atoms with van der Waals surface area (Å²) in [6, 6.07) is 40.4. The van der Waals surface area contributed by atoms with E-state index in [0.717, 1.165) is 96.6 Å². The summed E-state index contributed by atoms with van der Waals surface area (Å²) in [4.78, 5) is 19.9. The molecule has 0 saturated heterocycles. The molecule has 0 radical (unpaired) electrons. The number of hydrogen-bond acceptors (Lipinski definition) is 4. The zero-order valence-corrected chi connectivity index (χ0v) is 25.9. The Hall–Kier alpha value is -5.74. The van der Waals surface area contributed by atoms with E-state index in [-0.39, 0.29) is 0 Å². The number of rotatable bonds is 5. The third kappa shape index (κ3) is 5.28. The van der Waals surface area contributed by atoms with Crippen molar-refractivity contribution in [1.82, 2.24) is 19.9 Å². The first-order valence-electron chi connectivity index (χ1n) is 15.8. The normalized spacial score (nSPS) is 12.9. The minimum Gasteiger partial charge on any atom is -0.251 e. The van der Waals surface area contributed by atoms with Gasteiger partial charge in [-0.05, 0) is 61.6 Å². The molecule has 0 fully saturated rings. The lowest BCUT2D eigenvalue weighted by Gasteiger charge is -2.12. The minimum absolute atomic E-state index is 0.767. The summed E-state index contributed by atoms with van der Waals surface area (Å²) >= 11 is 0.